The highest BCUT2D eigenvalue weighted by atomic mass is 19.1. The number of hydrogen-bond acceptors (Lipinski definition) is 2. The summed E-state index contributed by atoms with van der Waals surface area (Å²) in [6, 6.07) is 7.53. The molecule has 0 saturated carbocycles. The Morgan fingerprint density at radius 3 is 2.18 bits per heavy atom. The summed E-state index contributed by atoms with van der Waals surface area (Å²) in [4.78, 5) is 12.1. The Morgan fingerprint density at radius 2 is 1.76 bits per heavy atom. The molecule has 0 heterocycles. The predicted molar refractivity (Wildman–Crippen MR) is 63.8 cm³/mol. The van der Waals surface area contributed by atoms with E-state index in [-0.39, 0.29) is 23.4 Å². The van der Waals surface area contributed by atoms with Gasteiger partial charge in [0.2, 0.25) is 0 Å². The maximum atomic E-state index is 12.8. The summed E-state index contributed by atoms with van der Waals surface area (Å²) in [5, 5.41) is 9.09. The van der Waals surface area contributed by atoms with Crippen molar-refractivity contribution in [2.75, 3.05) is 0 Å². The zero-order chi connectivity index (χ0) is 13.0. The Balaban J connectivity index is 2.97. The molecule has 1 aromatic rings. The van der Waals surface area contributed by atoms with Gasteiger partial charge in [0.05, 0.1) is 6.07 Å². The molecule has 0 aliphatic rings. The van der Waals surface area contributed by atoms with Gasteiger partial charge in [-0.25, -0.2) is 4.39 Å². The lowest BCUT2D eigenvalue weighted by Gasteiger charge is -2.17. The minimum atomic E-state index is -0.798. The topological polar surface area (TPSA) is 40.9 Å². The number of ketones is 1. The van der Waals surface area contributed by atoms with Gasteiger partial charge < -0.3 is 0 Å². The van der Waals surface area contributed by atoms with E-state index >= 15 is 0 Å². The average molecular weight is 233 g/mol. The Kier molecular flexibility index (Phi) is 4.39. The lowest BCUT2D eigenvalue weighted by atomic mass is 9.84. The standard InChI is InChI=1S/C14H16FNO/c1-9(2)10(3)14(17)13(8-16)11-4-6-12(15)7-5-11/h4-7,9-10,13H,1-3H3. The van der Waals surface area contributed by atoms with Crippen LogP contribution in [-0.2, 0) is 4.79 Å². The predicted octanol–water partition coefficient (Wildman–Crippen LogP) is 3.29. The zero-order valence-corrected chi connectivity index (χ0v) is 10.3. The summed E-state index contributed by atoms with van der Waals surface area (Å²) in [6.07, 6.45) is 0. The molecule has 0 fully saturated rings. The second-order valence-electron chi connectivity index (χ2n) is 4.55. The first-order chi connectivity index (χ1) is 7.97. The Labute approximate surface area is 101 Å². The van der Waals surface area contributed by atoms with E-state index < -0.39 is 5.92 Å². The van der Waals surface area contributed by atoms with Crippen molar-refractivity contribution >= 4 is 5.78 Å². The zero-order valence-electron chi connectivity index (χ0n) is 10.3. The van der Waals surface area contributed by atoms with Gasteiger partial charge in [0.25, 0.3) is 0 Å². The van der Waals surface area contributed by atoms with E-state index in [1.54, 1.807) is 0 Å². The van der Waals surface area contributed by atoms with E-state index in [2.05, 4.69) is 0 Å². The molecule has 3 heteroatoms. The smallest absolute Gasteiger partial charge is 0.157 e. The molecule has 90 valence electrons. The van der Waals surface area contributed by atoms with E-state index in [4.69, 9.17) is 5.26 Å². The molecule has 0 amide bonds. The minimum absolute atomic E-state index is 0.103. The van der Waals surface area contributed by atoms with Gasteiger partial charge in [-0.15, -0.1) is 0 Å². The van der Waals surface area contributed by atoms with Crippen LogP contribution in [0.4, 0.5) is 4.39 Å². The quantitative estimate of drug-likeness (QED) is 0.800. The van der Waals surface area contributed by atoms with E-state index in [0.717, 1.165) is 0 Å². The highest BCUT2D eigenvalue weighted by Crippen LogP contribution is 2.23. The molecule has 2 unspecified atom stereocenters. The van der Waals surface area contributed by atoms with Crippen LogP contribution in [0.15, 0.2) is 24.3 Å². The van der Waals surface area contributed by atoms with Gasteiger partial charge >= 0.3 is 0 Å². The molecule has 0 bridgehead atoms. The molecule has 1 rings (SSSR count). The lowest BCUT2D eigenvalue weighted by Crippen LogP contribution is -2.23. The summed E-state index contributed by atoms with van der Waals surface area (Å²) in [5.74, 6) is -1.25. The minimum Gasteiger partial charge on any atom is -0.298 e. The Bertz CT molecular complexity index is 431. The van der Waals surface area contributed by atoms with E-state index in [9.17, 15) is 9.18 Å². The monoisotopic (exact) mass is 233 g/mol. The molecule has 2 atom stereocenters. The van der Waals surface area contributed by atoms with Crippen molar-refractivity contribution in [2.45, 2.75) is 26.7 Å². The maximum Gasteiger partial charge on any atom is 0.157 e. The van der Waals surface area contributed by atoms with Gasteiger partial charge in [-0.3, -0.25) is 4.79 Å². The number of carbonyl (C=O) groups excluding carboxylic acids is 1. The van der Waals surface area contributed by atoms with Crippen LogP contribution in [0, 0.1) is 29.0 Å². The second-order valence-corrected chi connectivity index (χ2v) is 4.55. The Morgan fingerprint density at radius 1 is 1.24 bits per heavy atom. The van der Waals surface area contributed by atoms with Crippen molar-refractivity contribution in [3.8, 4) is 6.07 Å². The first kappa shape index (κ1) is 13.4. The van der Waals surface area contributed by atoms with Crippen molar-refractivity contribution in [2.24, 2.45) is 11.8 Å². The third-order valence-corrected chi connectivity index (χ3v) is 3.07. The van der Waals surface area contributed by atoms with Crippen molar-refractivity contribution in [1.29, 1.82) is 5.26 Å². The van der Waals surface area contributed by atoms with E-state index in [1.807, 2.05) is 26.8 Å². The highest BCUT2D eigenvalue weighted by Gasteiger charge is 2.26. The fourth-order valence-corrected chi connectivity index (χ4v) is 1.55. The number of hydrogen-bond donors (Lipinski definition) is 0. The van der Waals surface area contributed by atoms with Crippen LogP contribution in [0.2, 0.25) is 0 Å². The van der Waals surface area contributed by atoms with Crippen LogP contribution in [0.1, 0.15) is 32.3 Å². The molecular formula is C14H16FNO. The molecule has 0 aliphatic heterocycles. The number of rotatable bonds is 4. The third-order valence-electron chi connectivity index (χ3n) is 3.07. The summed E-state index contributed by atoms with van der Waals surface area (Å²) in [6.45, 7) is 5.71. The van der Waals surface area contributed by atoms with Gasteiger partial charge in [-0.2, -0.15) is 5.26 Å². The average Bonchev–Trinajstić information content (AvgIpc) is 2.31. The molecule has 0 aromatic heterocycles. The van der Waals surface area contributed by atoms with Crippen LogP contribution in [0.3, 0.4) is 0 Å². The number of benzene rings is 1. The largest absolute Gasteiger partial charge is 0.298 e. The van der Waals surface area contributed by atoms with Gasteiger partial charge in [-0.1, -0.05) is 32.9 Å². The maximum absolute atomic E-state index is 12.8. The van der Waals surface area contributed by atoms with Gasteiger partial charge in [0.1, 0.15) is 11.7 Å². The number of halogens is 1. The fraction of sp³-hybridized carbons (Fsp3) is 0.429. The molecule has 1 aromatic carbocycles. The summed E-state index contributed by atoms with van der Waals surface area (Å²) >= 11 is 0. The molecule has 0 aliphatic carbocycles. The van der Waals surface area contributed by atoms with Crippen LogP contribution >= 0.6 is 0 Å². The third kappa shape index (κ3) is 3.13. The first-order valence-corrected chi connectivity index (χ1v) is 5.66. The Hall–Kier alpha value is -1.69. The molecule has 17 heavy (non-hydrogen) atoms. The second kappa shape index (κ2) is 5.58. The normalized spacial score (nSPS) is 14.1. The highest BCUT2D eigenvalue weighted by molar-refractivity contribution is 5.90. The number of nitrogens with zero attached hydrogens (tertiary/aromatic N) is 1. The van der Waals surface area contributed by atoms with Crippen LogP contribution in [0.25, 0.3) is 0 Å². The first-order valence-electron chi connectivity index (χ1n) is 5.66. The van der Waals surface area contributed by atoms with Crippen LogP contribution < -0.4 is 0 Å². The molecule has 2 nitrogen and oxygen atoms in total. The number of carbonyl (C=O) groups is 1. The van der Waals surface area contributed by atoms with Gasteiger partial charge in [-0.05, 0) is 23.6 Å². The fourth-order valence-electron chi connectivity index (χ4n) is 1.55. The van der Waals surface area contributed by atoms with Gasteiger partial charge in [0, 0.05) is 5.92 Å². The summed E-state index contributed by atoms with van der Waals surface area (Å²) in [5.41, 5.74) is 0.561. The summed E-state index contributed by atoms with van der Waals surface area (Å²) in [7, 11) is 0. The molecule has 0 spiro atoms. The number of Topliss-reactive ketones (excluding diaryl/α,β-unsaturated/α-hetero) is 1. The van der Waals surface area contributed by atoms with Gasteiger partial charge in [0.15, 0.2) is 5.78 Å². The van der Waals surface area contributed by atoms with Crippen LogP contribution in [-0.4, -0.2) is 5.78 Å². The van der Waals surface area contributed by atoms with Crippen LogP contribution in [0.5, 0.6) is 0 Å². The van der Waals surface area contributed by atoms with E-state index in [1.165, 1.54) is 24.3 Å². The number of nitriles is 1. The van der Waals surface area contributed by atoms with Crippen molar-refractivity contribution < 1.29 is 9.18 Å². The molecule has 0 radical (unpaired) electrons. The van der Waals surface area contributed by atoms with Crippen molar-refractivity contribution in [1.82, 2.24) is 0 Å². The lowest BCUT2D eigenvalue weighted by molar-refractivity contribution is -0.123. The summed E-state index contributed by atoms with van der Waals surface area (Å²) < 4.78 is 12.8. The molecular weight excluding hydrogens is 217 g/mol. The van der Waals surface area contributed by atoms with Crippen molar-refractivity contribution in [3.05, 3.63) is 35.6 Å². The molecule has 0 N–H and O–H groups in total. The SMILES string of the molecule is CC(C)C(C)C(=O)C(C#N)c1ccc(F)cc1. The molecule has 0 saturated heterocycles. The van der Waals surface area contributed by atoms with E-state index in [0.29, 0.717) is 5.56 Å². The van der Waals surface area contributed by atoms with Crippen molar-refractivity contribution in [3.63, 3.8) is 0 Å².